The molecule has 1 aliphatic rings. The Kier molecular flexibility index (Phi) is 2.98. The number of nitrogens with zero attached hydrogens (tertiary/aromatic N) is 2. The van der Waals surface area contributed by atoms with Crippen LogP contribution < -0.4 is 0 Å². The van der Waals surface area contributed by atoms with Gasteiger partial charge in [0.15, 0.2) is 0 Å². The fraction of sp³-hybridized carbons (Fsp3) is 0.412. The normalized spacial score (nSPS) is 14.4. The Morgan fingerprint density at radius 1 is 1.21 bits per heavy atom. The predicted molar refractivity (Wildman–Crippen MR) is 77.2 cm³/mol. The molecule has 0 aliphatic heterocycles. The van der Waals surface area contributed by atoms with Gasteiger partial charge in [-0.05, 0) is 54.9 Å². The van der Waals surface area contributed by atoms with Crippen LogP contribution in [-0.4, -0.2) is 4.98 Å². The van der Waals surface area contributed by atoms with Crippen LogP contribution in [-0.2, 0) is 12.8 Å². The van der Waals surface area contributed by atoms with E-state index < -0.39 is 0 Å². The standard InChI is InChI=1S/C17H18N2/c1-11(2)12-7-8-17-14(9-12)15(10-18)13-5-3-4-6-16(13)19-17/h7-9,11H,3-6H2,1-2H3. The molecule has 1 aliphatic carbocycles. The SMILES string of the molecule is CC(C)c1ccc2nc3c(c(C#N)c2c1)CCCC3. The molecule has 96 valence electrons. The van der Waals surface area contributed by atoms with Gasteiger partial charge < -0.3 is 0 Å². The van der Waals surface area contributed by atoms with Gasteiger partial charge in [-0.2, -0.15) is 5.26 Å². The highest BCUT2D eigenvalue weighted by Crippen LogP contribution is 2.30. The zero-order chi connectivity index (χ0) is 13.4. The first-order valence-corrected chi connectivity index (χ1v) is 7.06. The van der Waals surface area contributed by atoms with Crippen molar-refractivity contribution in [3.8, 4) is 6.07 Å². The summed E-state index contributed by atoms with van der Waals surface area (Å²) in [6.45, 7) is 4.36. The van der Waals surface area contributed by atoms with Gasteiger partial charge in [0.25, 0.3) is 0 Å². The summed E-state index contributed by atoms with van der Waals surface area (Å²) in [5.74, 6) is 0.479. The van der Waals surface area contributed by atoms with Gasteiger partial charge in [-0.15, -0.1) is 0 Å². The number of aryl methyl sites for hydroxylation is 1. The Morgan fingerprint density at radius 2 is 2.00 bits per heavy atom. The lowest BCUT2D eigenvalue weighted by Crippen LogP contribution is -2.08. The summed E-state index contributed by atoms with van der Waals surface area (Å²) < 4.78 is 0. The molecule has 0 amide bonds. The summed E-state index contributed by atoms with van der Waals surface area (Å²) in [6.07, 6.45) is 4.40. The predicted octanol–water partition coefficient (Wildman–Crippen LogP) is 4.11. The Bertz CT molecular complexity index is 678. The molecule has 0 atom stereocenters. The van der Waals surface area contributed by atoms with E-state index in [0.29, 0.717) is 5.92 Å². The number of rotatable bonds is 1. The number of hydrogen-bond donors (Lipinski definition) is 0. The number of aromatic nitrogens is 1. The van der Waals surface area contributed by atoms with Crippen molar-refractivity contribution in [2.75, 3.05) is 0 Å². The average Bonchev–Trinajstić information content (AvgIpc) is 2.44. The third-order valence-electron chi connectivity index (χ3n) is 4.06. The molecule has 1 aromatic carbocycles. The average molecular weight is 250 g/mol. The molecule has 0 bridgehead atoms. The molecule has 0 saturated heterocycles. The maximum atomic E-state index is 9.54. The van der Waals surface area contributed by atoms with Crippen molar-refractivity contribution in [2.24, 2.45) is 0 Å². The van der Waals surface area contributed by atoms with Gasteiger partial charge in [0.1, 0.15) is 6.07 Å². The largest absolute Gasteiger partial charge is 0.252 e. The Labute approximate surface area is 114 Å². The molecule has 19 heavy (non-hydrogen) atoms. The third-order valence-corrected chi connectivity index (χ3v) is 4.06. The Hall–Kier alpha value is -1.88. The monoisotopic (exact) mass is 250 g/mol. The van der Waals surface area contributed by atoms with E-state index in [1.54, 1.807) is 0 Å². The van der Waals surface area contributed by atoms with Gasteiger partial charge in [-0.1, -0.05) is 19.9 Å². The zero-order valence-electron chi connectivity index (χ0n) is 11.5. The molecular formula is C17H18N2. The third kappa shape index (κ3) is 2.00. The van der Waals surface area contributed by atoms with Crippen LogP contribution in [0.1, 0.15) is 55.0 Å². The molecule has 2 aromatic rings. The lowest BCUT2D eigenvalue weighted by molar-refractivity contribution is 0.670. The summed E-state index contributed by atoms with van der Waals surface area (Å²) >= 11 is 0. The topological polar surface area (TPSA) is 36.7 Å². The molecular weight excluding hydrogens is 232 g/mol. The van der Waals surface area contributed by atoms with Gasteiger partial charge in [-0.3, -0.25) is 4.98 Å². The first kappa shape index (κ1) is 12.2. The molecule has 0 fully saturated rings. The minimum atomic E-state index is 0.479. The number of pyridine rings is 1. The molecule has 3 rings (SSSR count). The van der Waals surface area contributed by atoms with E-state index in [-0.39, 0.29) is 0 Å². The van der Waals surface area contributed by atoms with Crippen LogP contribution >= 0.6 is 0 Å². The Balaban J connectivity index is 2.32. The minimum Gasteiger partial charge on any atom is -0.252 e. The second kappa shape index (κ2) is 4.66. The number of benzene rings is 1. The van der Waals surface area contributed by atoms with Crippen LogP contribution in [0.5, 0.6) is 0 Å². The van der Waals surface area contributed by atoms with Crippen molar-refractivity contribution in [3.05, 3.63) is 40.6 Å². The highest BCUT2D eigenvalue weighted by atomic mass is 14.7. The Morgan fingerprint density at radius 3 is 2.74 bits per heavy atom. The van der Waals surface area contributed by atoms with E-state index in [1.807, 2.05) is 0 Å². The number of fused-ring (bicyclic) bond motifs is 2. The fourth-order valence-corrected chi connectivity index (χ4v) is 2.93. The van der Waals surface area contributed by atoms with Gasteiger partial charge in [-0.25, -0.2) is 0 Å². The van der Waals surface area contributed by atoms with E-state index in [0.717, 1.165) is 35.0 Å². The molecule has 1 heterocycles. The van der Waals surface area contributed by atoms with Crippen molar-refractivity contribution in [1.82, 2.24) is 4.98 Å². The van der Waals surface area contributed by atoms with Crippen molar-refractivity contribution >= 4 is 10.9 Å². The van der Waals surface area contributed by atoms with Gasteiger partial charge in [0.05, 0.1) is 11.1 Å². The summed E-state index contributed by atoms with van der Waals surface area (Å²) in [4.78, 5) is 4.77. The second-order valence-electron chi connectivity index (χ2n) is 5.66. The highest BCUT2D eigenvalue weighted by molar-refractivity contribution is 5.87. The van der Waals surface area contributed by atoms with Crippen LogP contribution in [0.2, 0.25) is 0 Å². The summed E-state index contributed by atoms with van der Waals surface area (Å²) in [5, 5.41) is 10.6. The highest BCUT2D eigenvalue weighted by Gasteiger charge is 2.18. The molecule has 0 saturated carbocycles. The van der Waals surface area contributed by atoms with Crippen LogP contribution in [0.15, 0.2) is 18.2 Å². The quantitative estimate of drug-likeness (QED) is 0.763. The van der Waals surface area contributed by atoms with E-state index in [2.05, 4.69) is 38.1 Å². The molecule has 0 unspecified atom stereocenters. The maximum absolute atomic E-state index is 9.54. The smallest absolute Gasteiger partial charge is 0.100 e. The summed E-state index contributed by atoms with van der Waals surface area (Å²) in [6, 6.07) is 8.78. The second-order valence-corrected chi connectivity index (χ2v) is 5.66. The van der Waals surface area contributed by atoms with Crippen LogP contribution in [0.3, 0.4) is 0 Å². The summed E-state index contributed by atoms with van der Waals surface area (Å²) in [5.41, 5.74) is 5.46. The van der Waals surface area contributed by atoms with Crippen molar-refractivity contribution in [2.45, 2.75) is 45.4 Å². The number of nitriles is 1. The van der Waals surface area contributed by atoms with E-state index in [9.17, 15) is 5.26 Å². The van der Waals surface area contributed by atoms with Crippen LogP contribution in [0, 0.1) is 11.3 Å². The van der Waals surface area contributed by atoms with E-state index in [1.165, 1.54) is 24.0 Å². The molecule has 0 radical (unpaired) electrons. The fourth-order valence-electron chi connectivity index (χ4n) is 2.93. The first-order chi connectivity index (χ1) is 9.20. The maximum Gasteiger partial charge on any atom is 0.100 e. The van der Waals surface area contributed by atoms with Crippen molar-refractivity contribution < 1.29 is 0 Å². The molecule has 0 N–H and O–H groups in total. The van der Waals surface area contributed by atoms with E-state index in [4.69, 9.17) is 4.98 Å². The first-order valence-electron chi connectivity index (χ1n) is 7.06. The molecule has 2 nitrogen and oxygen atoms in total. The van der Waals surface area contributed by atoms with Gasteiger partial charge in [0.2, 0.25) is 0 Å². The lowest BCUT2D eigenvalue weighted by atomic mass is 9.89. The van der Waals surface area contributed by atoms with Gasteiger partial charge in [0, 0.05) is 11.1 Å². The van der Waals surface area contributed by atoms with Crippen LogP contribution in [0.25, 0.3) is 10.9 Å². The minimum absolute atomic E-state index is 0.479. The lowest BCUT2D eigenvalue weighted by Gasteiger charge is -2.18. The van der Waals surface area contributed by atoms with Gasteiger partial charge >= 0.3 is 0 Å². The molecule has 2 heteroatoms. The molecule has 0 spiro atoms. The van der Waals surface area contributed by atoms with E-state index >= 15 is 0 Å². The van der Waals surface area contributed by atoms with Crippen molar-refractivity contribution in [3.63, 3.8) is 0 Å². The number of hydrogen-bond acceptors (Lipinski definition) is 2. The summed E-state index contributed by atoms with van der Waals surface area (Å²) in [7, 11) is 0. The molecule has 1 aromatic heterocycles. The zero-order valence-corrected chi connectivity index (χ0v) is 11.5. The van der Waals surface area contributed by atoms with Crippen molar-refractivity contribution in [1.29, 1.82) is 5.26 Å². The van der Waals surface area contributed by atoms with Crippen LogP contribution in [0.4, 0.5) is 0 Å².